The molecule has 1 atom stereocenters. The van der Waals surface area contributed by atoms with Gasteiger partial charge in [0, 0.05) is 12.3 Å². The van der Waals surface area contributed by atoms with Crippen LogP contribution in [0.4, 0.5) is 0 Å². The van der Waals surface area contributed by atoms with Crippen molar-refractivity contribution in [2.45, 2.75) is 13.3 Å². The summed E-state index contributed by atoms with van der Waals surface area (Å²) in [6, 6.07) is 0. The Kier molecular flexibility index (Phi) is 1.48. The van der Waals surface area contributed by atoms with Crippen molar-refractivity contribution in [1.29, 1.82) is 0 Å². The van der Waals surface area contributed by atoms with Crippen LogP contribution in [-0.2, 0) is 9.59 Å². The number of hydrogen-bond donors (Lipinski definition) is 1. The highest BCUT2D eigenvalue weighted by Gasteiger charge is 2.33. The zero-order valence-corrected chi connectivity index (χ0v) is 5.89. The Hall–Kier alpha value is -0.510. The Labute approximate surface area is 58.6 Å². The minimum absolute atomic E-state index is 0.171. The second-order valence-electron chi connectivity index (χ2n) is 2.15. The van der Waals surface area contributed by atoms with Gasteiger partial charge in [-0.05, 0) is 0 Å². The minimum atomic E-state index is -0.198. The zero-order valence-electron chi connectivity index (χ0n) is 5.00. The largest absolute Gasteiger partial charge is 0.273 e. The quantitative estimate of drug-likeness (QED) is 0.391. The summed E-state index contributed by atoms with van der Waals surface area (Å²) < 4.78 is 0.880. The highest BCUT2D eigenvalue weighted by atomic mass is 32.1. The lowest BCUT2D eigenvalue weighted by molar-refractivity contribution is -0.132. The first-order valence-corrected chi connectivity index (χ1v) is 3.08. The number of rotatable bonds is 0. The maximum Gasteiger partial charge on any atom is 0.242 e. The summed E-state index contributed by atoms with van der Waals surface area (Å²) in [7, 11) is 0. The van der Waals surface area contributed by atoms with E-state index in [1.165, 1.54) is 0 Å². The van der Waals surface area contributed by atoms with E-state index in [0.717, 1.165) is 4.31 Å². The van der Waals surface area contributed by atoms with Gasteiger partial charge in [0.2, 0.25) is 11.8 Å². The van der Waals surface area contributed by atoms with Gasteiger partial charge in [-0.15, -0.1) is 0 Å². The SMILES string of the molecule is CC1CC(=O)N(S)C1=O. The molecule has 0 spiro atoms. The molecule has 0 aromatic rings. The first kappa shape index (κ1) is 6.61. The number of thiol groups is 1. The van der Waals surface area contributed by atoms with E-state index in [0.29, 0.717) is 6.42 Å². The van der Waals surface area contributed by atoms with Crippen molar-refractivity contribution in [2.75, 3.05) is 0 Å². The zero-order chi connectivity index (χ0) is 7.02. The topological polar surface area (TPSA) is 37.4 Å². The summed E-state index contributed by atoms with van der Waals surface area (Å²) in [6.45, 7) is 1.72. The van der Waals surface area contributed by atoms with Gasteiger partial charge >= 0.3 is 0 Å². The van der Waals surface area contributed by atoms with Gasteiger partial charge in [-0.1, -0.05) is 19.7 Å². The molecule has 1 aliphatic heterocycles. The predicted molar refractivity (Wildman–Crippen MR) is 34.6 cm³/mol. The fourth-order valence-electron chi connectivity index (χ4n) is 0.767. The van der Waals surface area contributed by atoms with Crippen LogP contribution in [0.15, 0.2) is 0 Å². The Morgan fingerprint density at radius 3 is 2.33 bits per heavy atom. The number of imide groups is 1. The van der Waals surface area contributed by atoms with E-state index in [2.05, 4.69) is 12.8 Å². The number of nitrogens with zero attached hydrogens (tertiary/aromatic N) is 1. The first-order chi connectivity index (χ1) is 4.13. The van der Waals surface area contributed by atoms with E-state index in [-0.39, 0.29) is 17.7 Å². The van der Waals surface area contributed by atoms with Crippen LogP contribution in [0.1, 0.15) is 13.3 Å². The molecule has 1 heterocycles. The highest BCUT2D eigenvalue weighted by molar-refractivity contribution is 7.79. The molecule has 1 unspecified atom stereocenters. The molecule has 1 aliphatic rings. The lowest BCUT2D eigenvalue weighted by atomic mass is 10.1. The minimum Gasteiger partial charge on any atom is -0.273 e. The van der Waals surface area contributed by atoms with Crippen molar-refractivity contribution in [1.82, 2.24) is 4.31 Å². The second-order valence-corrected chi connectivity index (χ2v) is 2.55. The van der Waals surface area contributed by atoms with Gasteiger partial charge < -0.3 is 0 Å². The van der Waals surface area contributed by atoms with E-state index < -0.39 is 0 Å². The molecule has 0 radical (unpaired) electrons. The van der Waals surface area contributed by atoms with Crippen molar-refractivity contribution in [3.63, 3.8) is 0 Å². The van der Waals surface area contributed by atoms with Crippen LogP contribution in [0.2, 0.25) is 0 Å². The highest BCUT2D eigenvalue weighted by Crippen LogP contribution is 2.19. The molecule has 0 aromatic heterocycles. The van der Waals surface area contributed by atoms with Gasteiger partial charge in [-0.2, -0.15) is 0 Å². The third-order valence-electron chi connectivity index (χ3n) is 1.35. The molecule has 50 valence electrons. The summed E-state index contributed by atoms with van der Waals surface area (Å²) in [6.07, 6.45) is 0.308. The average molecular weight is 145 g/mol. The van der Waals surface area contributed by atoms with Crippen LogP contribution >= 0.6 is 12.8 Å². The summed E-state index contributed by atoms with van der Waals surface area (Å²) in [5.74, 6) is -0.561. The Morgan fingerprint density at radius 2 is 2.22 bits per heavy atom. The van der Waals surface area contributed by atoms with Gasteiger partial charge in [0.15, 0.2) is 0 Å². The second kappa shape index (κ2) is 2.02. The first-order valence-electron chi connectivity index (χ1n) is 2.68. The molecule has 4 heteroatoms. The van der Waals surface area contributed by atoms with E-state index in [9.17, 15) is 9.59 Å². The molecule has 2 amide bonds. The Bertz CT molecular complexity index is 168. The number of carbonyl (C=O) groups is 2. The van der Waals surface area contributed by atoms with Gasteiger partial charge in [0.1, 0.15) is 0 Å². The summed E-state index contributed by atoms with van der Waals surface area (Å²) in [5, 5.41) is 0. The Morgan fingerprint density at radius 1 is 1.67 bits per heavy atom. The maximum absolute atomic E-state index is 10.7. The molecule has 3 nitrogen and oxygen atoms in total. The van der Waals surface area contributed by atoms with E-state index >= 15 is 0 Å². The molecule has 0 aliphatic carbocycles. The fraction of sp³-hybridized carbons (Fsp3) is 0.600. The molecule has 1 fully saturated rings. The standard InChI is InChI=1S/C5H7NO2S/c1-3-2-4(7)6(9)5(3)8/h3,9H,2H2,1H3. The van der Waals surface area contributed by atoms with Crippen LogP contribution < -0.4 is 0 Å². The molecule has 9 heavy (non-hydrogen) atoms. The smallest absolute Gasteiger partial charge is 0.242 e. The Balaban J connectivity index is 2.77. The summed E-state index contributed by atoms with van der Waals surface area (Å²) in [5.41, 5.74) is 0. The van der Waals surface area contributed by atoms with Gasteiger partial charge in [0.05, 0.1) is 0 Å². The van der Waals surface area contributed by atoms with Crippen molar-refractivity contribution >= 4 is 24.6 Å². The molecule has 0 bridgehead atoms. The lowest BCUT2D eigenvalue weighted by Gasteiger charge is -2.01. The average Bonchev–Trinajstić information content (AvgIpc) is 1.98. The van der Waals surface area contributed by atoms with Gasteiger partial charge in [-0.3, -0.25) is 9.59 Å². The molecular weight excluding hydrogens is 138 g/mol. The molecule has 0 saturated carbocycles. The molecule has 1 rings (SSSR count). The molecular formula is C5H7NO2S. The normalized spacial score (nSPS) is 27.8. The van der Waals surface area contributed by atoms with Crippen LogP contribution in [0, 0.1) is 5.92 Å². The molecule has 0 N–H and O–H groups in total. The van der Waals surface area contributed by atoms with Crippen LogP contribution in [-0.4, -0.2) is 16.1 Å². The lowest BCUT2D eigenvalue weighted by Crippen LogP contribution is -2.19. The summed E-state index contributed by atoms with van der Waals surface area (Å²) >= 11 is 3.68. The van der Waals surface area contributed by atoms with E-state index in [4.69, 9.17) is 0 Å². The van der Waals surface area contributed by atoms with Gasteiger partial charge in [-0.25, -0.2) is 4.31 Å². The van der Waals surface area contributed by atoms with Crippen LogP contribution in [0.3, 0.4) is 0 Å². The number of hydrogen-bond acceptors (Lipinski definition) is 3. The van der Waals surface area contributed by atoms with Crippen molar-refractivity contribution < 1.29 is 9.59 Å². The van der Waals surface area contributed by atoms with Crippen LogP contribution in [0.5, 0.6) is 0 Å². The van der Waals surface area contributed by atoms with Gasteiger partial charge in [0.25, 0.3) is 0 Å². The summed E-state index contributed by atoms with van der Waals surface area (Å²) in [4.78, 5) is 21.4. The van der Waals surface area contributed by atoms with E-state index in [1.807, 2.05) is 0 Å². The number of amides is 2. The van der Waals surface area contributed by atoms with Crippen molar-refractivity contribution in [2.24, 2.45) is 5.92 Å². The third kappa shape index (κ3) is 0.941. The van der Waals surface area contributed by atoms with Crippen molar-refractivity contribution in [3.8, 4) is 0 Å². The van der Waals surface area contributed by atoms with Crippen molar-refractivity contribution in [3.05, 3.63) is 0 Å². The van der Waals surface area contributed by atoms with E-state index in [1.54, 1.807) is 6.92 Å². The third-order valence-corrected chi connectivity index (χ3v) is 1.77. The molecule has 0 aromatic carbocycles. The van der Waals surface area contributed by atoms with Crippen LogP contribution in [0.25, 0.3) is 0 Å². The monoisotopic (exact) mass is 145 g/mol. The fourth-order valence-corrected chi connectivity index (χ4v) is 1.05. The molecule has 1 saturated heterocycles. The maximum atomic E-state index is 10.7. The number of carbonyl (C=O) groups excluding carboxylic acids is 2. The predicted octanol–water partition coefficient (Wildman–Crippen LogP) is 0.226.